The van der Waals surface area contributed by atoms with E-state index in [1.54, 1.807) is 7.05 Å². The van der Waals surface area contributed by atoms with Crippen LogP contribution >= 0.6 is 0 Å². The van der Waals surface area contributed by atoms with Crippen molar-refractivity contribution in [3.05, 3.63) is 0 Å². The van der Waals surface area contributed by atoms with E-state index in [-0.39, 0.29) is 5.97 Å². The van der Waals surface area contributed by atoms with Crippen molar-refractivity contribution < 1.29 is 9.53 Å². The maximum absolute atomic E-state index is 11.0. The largest absolute Gasteiger partial charge is 0.469 e. The van der Waals surface area contributed by atoms with Crippen LogP contribution in [0.15, 0.2) is 4.99 Å². The predicted octanol–water partition coefficient (Wildman–Crippen LogP) is 2.46. The van der Waals surface area contributed by atoms with Crippen LogP contribution in [-0.2, 0) is 9.53 Å². The monoisotopic (exact) mass is 285 g/mol. The molecule has 0 aliphatic rings. The number of nitrogens with one attached hydrogen (secondary N) is 2. The molecule has 0 fully saturated rings. The average Bonchev–Trinajstić information content (AvgIpc) is 2.45. The lowest BCUT2D eigenvalue weighted by Gasteiger charge is -2.17. The summed E-state index contributed by atoms with van der Waals surface area (Å²) in [6, 6.07) is 0.433. The number of carbonyl (C=O) groups is 1. The van der Waals surface area contributed by atoms with Crippen LogP contribution in [0.25, 0.3) is 0 Å². The summed E-state index contributed by atoms with van der Waals surface area (Å²) in [5.41, 5.74) is 0. The van der Waals surface area contributed by atoms with Gasteiger partial charge in [-0.15, -0.1) is 0 Å². The van der Waals surface area contributed by atoms with Crippen molar-refractivity contribution in [3.8, 4) is 0 Å². The van der Waals surface area contributed by atoms with Crippen LogP contribution in [0.1, 0.15) is 58.8 Å². The van der Waals surface area contributed by atoms with Crippen LogP contribution in [0.4, 0.5) is 0 Å². The van der Waals surface area contributed by atoms with Gasteiger partial charge in [0.1, 0.15) is 0 Å². The summed E-state index contributed by atoms with van der Waals surface area (Å²) < 4.78 is 4.60. The van der Waals surface area contributed by atoms with E-state index in [1.165, 1.54) is 26.4 Å². The fourth-order valence-electron chi connectivity index (χ4n) is 1.90. The topological polar surface area (TPSA) is 62.7 Å². The summed E-state index contributed by atoms with van der Waals surface area (Å²) in [7, 11) is 3.20. The molecule has 0 aromatic carbocycles. The summed E-state index contributed by atoms with van der Waals surface area (Å²) in [5, 5.41) is 6.65. The molecule has 1 unspecified atom stereocenters. The van der Waals surface area contributed by atoms with E-state index >= 15 is 0 Å². The Morgan fingerprint density at radius 2 is 2.00 bits per heavy atom. The number of unbranched alkanes of at least 4 members (excludes halogenated alkanes) is 3. The van der Waals surface area contributed by atoms with Gasteiger partial charge in [-0.3, -0.25) is 9.79 Å². The zero-order chi connectivity index (χ0) is 15.2. The lowest BCUT2D eigenvalue weighted by Crippen LogP contribution is -2.42. The molecule has 0 aliphatic carbocycles. The van der Waals surface area contributed by atoms with E-state index in [0.717, 1.165) is 31.8 Å². The van der Waals surface area contributed by atoms with E-state index in [1.807, 2.05) is 0 Å². The van der Waals surface area contributed by atoms with Crippen molar-refractivity contribution >= 4 is 11.9 Å². The second-order valence-electron chi connectivity index (χ2n) is 5.07. The summed E-state index contributed by atoms with van der Waals surface area (Å²) in [4.78, 5) is 15.2. The minimum absolute atomic E-state index is 0.142. The lowest BCUT2D eigenvalue weighted by molar-refractivity contribution is -0.140. The summed E-state index contributed by atoms with van der Waals surface area (Å²) in [6.45, 7) is 5.21. The highest BCUT2D eigenvalue weighted by Gasteiger charge is 2.04. The molecule has 0 amide bonds. The van der Waals surface area contributed by atoms with Crippen LogP contribution in [0.5, 0.6) is 0 Å². The van der Waals surface area contributed by atoms with Gasteiger partial charge in [-0.05, 0) is 26.2 Å². The molecule has 118 valence electrons. The van der Waals surface area contributed by atoms with E-state index in [2.05, 4.69) is 34.2 Å². The molecular weight excluding hydrogens is 254 g/mol. The van der Waals surface area contributed by atoms with Crippen LogP contribution in [0.3, 0.4) is 0 Å². The fraction of sp³-hybridized carbons (Fsp3) is 0.867. The summed E-state index contributed by atoms with van der Waals surface area (Å²) in [5.74, 6) is 0.698. The Kier molecular flexibility index (Phi) is 12.0. The number of aliphatic imine (C=N–C) groups is 1. The zero-order valence-electron chi connectivity index (χ0n) is 13.5. The first kappa shape index (κ1) is 18.7. The van der Waals surface area contributed by atoms with Gasteiger partial charge < -0.3 is 15.4 Å². The molecule has 0 bridgehead atoms. The van der Waals surface area contributed by atoms with Crippen molar-refractivity contribution in [2.24, 2.45) is 4.99 Å². The number of hydrogen-bond donors (Lipinski definition) is 2. The first-order valence-corrected chi connectivity index (χ1v) is 7.68. The molecule has 2 N–H and O–H groups in total. The van der Waals surface area contributed by atoms with Gasteiger partial charge in [0, 0.05) is 26.1 Å². The number of guanidine groups is 1. The van der Waals surface area contributed by atoms with Crippen LogP contribution in [-0.4, -0.2) is 38.7 Å². The summed E-state index contributed by atoms with van der Waals surface area (Å²) in [6.07, 6.45) is 7.20. The van der Waals surface area contributed by atoms with Gasteiger partial charge >= 0.3 is 5.97 Å². The quantitative estimate of drug-likeness (QED) is 0.280. The van der Waals surface area contributed by atoms with E-state index in [4.69, 9.17) is 0 Å². The molecule has 0 aliphatic heterocycles. The van der Waals surface area contributed by atoms with Crippen molar-refractivity contribution in [3.63, 3.8) is 0 Å². The van der Waals surface area contributed by atoms with Crippen molar-refractivity contribution in [2.75, 3.05) is 20.7 Å². The number of esters is 1. The third-order valence-electron chi connectivity index (χ3n) is 3.18. The molecule has 0 saturated heterocycles. The molecular formula is C15H31N3O2. The highest BCUT2D eigenvalue weighted by molar-refractivity contribution is 5.79. The van der Waals surface area contributed by atoms with Gasteiger partial charge in [0.05, 0.1) is 7.11 Å². The van der Waals surface area contributed by atoms with Gasteiger partial charge in [0.15, 0.2) is 5.96 Å². The highest BCUT2D eigenvalue weighted by Crippen LogP contribution is 2.02. The molecule has 1 atom stereocenters. The Morgan fingerprint density at radius 1 is 1.25 bits per heavy atom. The maximum Gasteiger partial charge on any atom is 0.305 e. The van der Waals surface area contributed by atoms with Crippen LogP contribution in [0.2, 0.25) is 0 Å². The second-order valence-corrected chi connectivity index (χ2v) is 5.07. The van der Waals surface area contributed by atoms with Crippen LogP contribution < -0.4 is 10.6 Å². The molecule has 0 aromatic rings. The van der Waals surface area contributed by atoms with E-state index < -0.39 is 0 Å². The smallest absolute Gasteiger partial charge is 0.305 e. The van der Waals surface area contributed by atoms with Crippen molar-refractivity contribution in [1.82, 2.24) is 10.6 Å². The fourth-order valence-corrected chi connectivity index (χ4v) is 1.90. The van der Waals surface area contributed by atoms with Gasteiger partial charge in [-0.25, -0.2) is 0 Å². The lowest BCUT2D eigenvalue weighted by atomic mass is 10.1. The molecule has 0 spiro atoms. The van der Waals surface area contributed by atoms with Crippen molar-refractivity contribution in [2.45, 2.75) is 64.8 Å². The molecule has 5 nitrogen and oxygen atoms in total. The first-order chi connectivity index (χ1) is 9.63. The number of rotatable bonds is 10. The molecule has 20 heavy (non-hydrogen) atoms. The SMILES string of the molecule is CCCCCC(C)NC(=NC)NCCCCC(=O)OC. The van der Waals surface area contributed by atoms with Gasteiger partial charge in [0.25, 0.3) is 0 Å². The maximum atomic E-state index is 11.0. The minimum atomic E-state index is -0.142. The summed E-state index contributed by atoms with van der Waals surface area (Å²) >= 11 is 0. The molecule has 5 heteroatoms. The van der Waals surface area contributed by atoms with E-state index in [0.29, 0.717) is 12.5 Å². The Balaban J connectivity index is 3.69. The molecule has 0 rings (SSSR count). The molecule has 0 saturated carbocycles. The molecule has 0 aromatic heterocycles. The molecule has 0 heterocycles. The average molecular weight is 285 g/mol. The third kappa shape index (κ3) is 10.6. The van der Waals surface area contributed by atoms with Gasteiger partial charge in [0.2, 0.25) is 0 Å². The van der Waals surface area contributed by atoms with Gasteiger partial charge in [-0.2, -0.15) is 0 Å². The van der Waals surface area contributed by atoms with Gasteiger partial charge in [-0.1, -0.05) is 26.2 Å². The highest BCUT2D eigenvalue weighted by atomic mass is 16.5. The van der Waals surface area contributed by atoms with Crippen molar-refractivity contribution in [1.29, 1.82) is 0 Å². The van der Waals surface area contributed by atoms with Crippen LogP contribution in [0, 0.1) is 0 Å². The Labute approximate surface area is 123 Å². The Hall–Kier alpha value is -1.26. The second kappa shape index (κ2) is 12.8. The zero-order valence-corrected chi connectivity index (χ0v) is 13.5. The minimum Gasteiger partial charge on any atom is -0.469 e. The number of carbonyl (C=O) groups excluding carboxylic acids is 1. The molecule has 0 radical (unpaired) electrons. The van der Waals surface area contributed by atoms with E-state index in [9.17, 15) is 4.79 Å². The Bertz CT molecular complexity index is 280. The standard InChI is InChI=1S/C15H31N3O2/c1-5-6-7-10-13(2)18-15(16-3)17-12-9-8-11-14(19)20-4/h13H,5-12H2,1-4H3,(H2,16,17,18). The third-order valence-corrected chi connectivity index (χ3v) is 3.18. The first-order valence-electron chi connectivity index (χ1n) is 7.68. The number of methoxy groups -OCH3 is 1. The number of hydrogen-bond acceptors (Lipinski definition) is 3. The number of ether oxygens (including phenoxy) is 1. The Morgan fingerprint density at radius 3 is 2.60 bits per heavy atom. The predicted molar refractivity (Wildman–Crippen MR) is 84.0 cm³/mol. The number of nitrogens with zero attached hydrogens (tertiary/aromatic N) is 1. The normalized spacial score (nSPS) is 12.9.